The largest absolute Gasteiger partial charge is 0.486 e. The zero-order chi connectivity index (χ0) is 13.9. The molecule has 20 heavy (non-hydrogen) atoms. The van der Waals surface area contributed by atoms with E-state index in [4.69, 9.17) is 19.5 Å². The van der Waals surface area contributed by atoms with Gasteiger partial charge in [0.05, 0.1) is 11.6 Å². The van der Waals surface area contributed by atoms with Gasteiger partial charge in [0.2, 0.25) is 6.79 Å². The summed E-state index contributed by atoms with van der Waals surface area (Å²) in [6.07, 6.45) is 0. The van der Waals surface area contributed by atoms with Crippen LogP contribution in [0.15, 0.2) is 36.4 Å². The second-order valence-electron chi connectivity index (χ2n) is 4.23. The lowest BCUT2D eigenvalue weighted by Gasteiger charge is -2.08. The van der Waals surface area contributed by atoms with Crippen LogP contribution in [0, 0.1) is 17.1 Å². The minimum Gasteiger partial charge on any atom is -0.486 e. The van der Waals surface area contributed by atoms with E-state index in [9.17, 15) is 4.39 Å². The molecule has 4 nitrogen and oxygen atoms in total. The Morgan fingerprint density at radius 3 is 2.80 bits per heavy atom. The zero-order valence-electron chi connectivity index (χ0n) is 10.4. The molecule has 0 radical (unpaired) electrons. The van der Waals surface area contributed by atoms with Crippen LogP contribution in [0.2, 0.25) is 0 Å². The summed E-state index contributed by atoms with van der Waals surface area (Å²) in [4.78, 5) is 0. The lowest BCUT2D eigenvalue weighted by Crippen LogP contribution is -1.98. The van der Waals surface area contributed by atoms with Crippen LogP contribution in [-0.2, 0) is 6.61 Å². The predicted molar refractivity (Wildman–Crippen MR) is 68.0 cm³/mol. The topological polar surface area (TPSA) is 51.5 Å². The first-order chi connectivity index (χ1) is 9.76. The van der Waals surface area contributed by atoms with Crippen molar-refractivity contribution >= 4 is 0 Å². The fraction of sp³-hybridized carbons (Fsp3) is 0.133. The van der Waals surface area contributed by atoms with E-state index in [2.05, 4.69) is 0 Å². The molecule has 3 rings (SSSR count). The normalized spacial score (nSPS) is 12.0. The van der Waals surface area contributed by atoms with Crippen LogP contribution in [0.1, 0.15) is 11.1 Å². The molecule has 2 aromatic rings. The van der Waals surface area contributed by atoms with E-state index >= 15 is 0 Å². The Morgan fingerprint density at radius 2 is 2.00 bits per heavy atom. The maximum atomic E-state index is 13.6. The van der Waals surface area contributed by atoms with Crippen molar-refractivity contribution in [2.24, 2.45) is 0 Å². The Bertz CT molecular complexity index is 694. The Hall–Kier alpha value is -2.74. The Kier molecular flexibility index (Phi) is 3.13. The number of halogens is 1. The van der Waals surface area contributed by atoms with E-state index in [0.29, 0.717) is 11.5 Å². The third-order valence-corrected chi connectivity index (χ3v) is 2.89. The first-order valence-electron chi connectivity index (χ1n) is 5.97. The summed E-state index contributed by atoms with van der Waals surface area (Å²) < 4.78 is 29.5. The number of benzene rings is 2. The molecule has 2 aromatic carbocycles. The summed E-state index contributed by atoms with van der Waals surface area (Å²) in [7, 11) is 0. The van der Waals surface area contributed by atoms with E-state index in [1.807, 2.05) is 12.1 Å². The van der Waals surface area contributed by atoms with E-state index in [1.165, 1.54) is 12.1 Å². The molecule has 0 atom stereocenters. The fourth-order valence-corrected chi connectivity index (χ4v) is 1.88. The number of ether oxygens (including phenoxy) is 3. The summed E-state index contributed by atoms with van der Waals surface area (Å²) in [5.74, 6) is 0.913. The number of nitriles is 1. The monoisotopic (exact) mass is 271 g/mol. The van der Waals surface area contributed by atoms with Gasteiger partial charge in [-0.05, 0) is 35.9 Å². The van der Waals surface area contributed by atoms with Crippen molar-refractivity contribution in [2.45, 2.75) is 6.61 Å². The van der Waals surface area contributed by atoms with Crippen LogP contribution in [-0.4, -0.2) is 6.79 Å². The van der Waals surface area contributed by atoms with Crippen LogP contribution in [0.25, 0.3) is 0 Å². The van der Waals surface area contributed by atoms with Crippen molar-refractivity contribution in [3.63, 3.8) is 0 Å². The summed E-state index contributed by atoms with van der Waals surface area (Å²) in [6, 6.07) is 11.4. The van der Waals surface area contributed by atoms with E-state index < -0.39 is 5.82 Å². The average Bonchev–Trinajstić information content (AvgIpc) is 2.93. The molecule has 5 heteroatoms. The molecule has 0 unspecified atom stereocenters. The smallest absolute Gasteiger partial charge is 0.231 e. The Balaban J connectivity index is 1.72. The lowest BCUT2D eigenvalue weighted by molar-refractivity contribution is 0.174. The van der Waals surface area contributed by atoms with Crippen LogP contribution < -0.4 is 14.2 Å². The highest BCUT2D eigenvalue weighted by Crippen LogP contribution is 2.32. The van der Waals surface area contributed by atoms with Crippen molar-refractivity contribution in [1.29, 1.82) is 5.26 Å². The van der Waals surface area contributed by atoms with Gasteiger partial charge in [-0.2, -0.15) is 5.26 Å². The average molecular weight is 271 g/mol. The van der Waals surface area contributed by atoms with Crippen LogP contribution in [0.3, 0.4) is 0 Å². The van der Waals surface area contributed by atoms with Gasteiger partial charge in [0, 0.05) is 0 Å². The molecule has 0 spiro atoms. The highest BCUT2D eigenvalue weighted by molar-refractivity contribution is 5.44. The second kappa shape index (κ2) is 5.10. The Labute approximate surface area is 114 Å². The quantitative estimate of drug-likeness (QED) is 0.861. The molecule has 1 aliphatic rings. The zero-order valence-corrected chi connectivity index (χ0v) is 10.4. The highest BCUT2D eigenvalue weighted by atomic mass is 19.1. The summed E-state index contributed by atoms with van der Waals surface area (Å²) in [6.45, 7) is 0.420. The molecule has 0 N–H and O–H groups in total. The highest BCUT2D eigenvalue weighted by Gasteiger charge is 2.13. The number of hydrogen-bond donors (Lipinski definition) is 0. The molecule has 0 bridgehead atoms. The molecule has 0 saturated heterocycles. The van der Waals surface area contributed by atoms with Crippen molar-refractivity contribution in [3.8, 4) is 23.3 Å². The van der Waals surface area contributed by atoms with Crippen LogP contribution in [0.4, 0.5) is 4.39 Å². The number of fused-ring (bicyclic) bond motifs is 1. The van der Waals surface area contributed by atoms with Crippen molar-refractivity contribution in [3.05, 3.63) is 53.3 Å². The van der Waals surface area contributed by atoms with E-state index in [0.717, 1.165) is 11.6 Å². The third-order valence-electron chi connectivity index (χ3n) is 2.89. The van der Waals surface area contributed by atoms with Gasteiger partial charge in [-0.3, -0.25) is 0 Å². The van der Waals surface area contributed by atoms with E-state index in [-0.39, 0.29) is 24.7 Å². The van der Waals surface area contributed by atoms with Gasteiger partial charge < -0.3 is 14.2 Å². The molecule has 1 aliphatic heterocycles. The van der Waals surface area contributed by atoms with Crippen LogP contribution in [0.5, 0.6) is 17.2 Å². The number of nitrogens with zero attached hydrogens (tertiary/aromatic N) is 1. The molecular formula is C15H10FNO3. The lowest BCUT2D eigenvalue weighted by atomic mass is 10.2. The molecule has 0 saturated carbocycles. The van der Waals surface area contributed by atoms with Crippen molar-refractivity contribution in [2.75, 3.05) is 6.79 Å². The van der Waals surface area contributed by atoms with Crippen LogP contribution >= 0.6 is 0 Å². The van der Waals surface area contributed by atoms with Gasteiger partial charge in [0.25, 0.3) is 0 Å². The first-order valence-corrected chi connectivity index (χ1v) is 5.97. The van der Waals surface area contributed by atoms with Gasteiger partial charge in [0.1, 0.15) is 6.61 Å². The van der Waals surface area contributed by atoms with Gasteiger partial charge in [-0.15, -0.1) is 0 Å². The summed E-state index contributed by atoms with van der Waals surface area (Å²) in [5, 5.41) is 8.67. The van der Waals surface area contributed by atoms with Gasteiger partial charge >= 0.3 is 0 Å². The number of hydrogen-bond acceptors (Lipinski definition) is 4. The standard InChI is InChI=1S/C15H10FNO3/c16-12-5-10(7-17)1-3-13(12)18-8-11-2-4-14-15(6-11)20-9-19-14/h1-6H,8-9H2. The molecule has 0 fully saturated rings. The predicted octanol–water partition coefficient (Wildman–Crippen LogP) is 3.01. The fourth-order valence-electron chi connectivity index (χ4n) is 1.88. The van der Waals surface area contributed by atoms with Gasteiger partial charge in [-0.25, -0.2) is 4.39 Å². The molecule has 100 valence electrons. The van der Waals surface area contributed by atoms with Crippen molar-refractivity contribution < 1.29 is 18.6 Å². The van der Waals surface area contributed by atoms with E-state index in [1.54, 1.807) is 12.1 Å². The minimum atomic E-state index is -0.551. The summed E-state index contributed by atoms with van der Waals surface area (Å²) in [5.41, 5.74) is 1.11. The molecular weight excluding hydrogens is 261 g/mol. The maximum absolute atomic E-state index is 13.6. The molecule has 0 aromatic heterocycles. The molecule has 0 aliphatic carbocycles. The maximum Gasteiger partial charge on any atom is 0.231 e. The van der Waals surface area contributed by atoms with Crippen molar-refractivity contribution in [1.82, 2.24) is 0 Å². The number of rotatable bonds is 3. The SMILES string of the molecule is N#Cc1ccc(OCc2ccc3c(c2)OCO3)c(F)c1. The summed E-state index contributed by atoms with van der Waals surface area (Å²) >= 11 is 0. The molecule has 0 amide bonds. The van der Waals surface area contributed by atoms with Gasteiger partial charge in [-0.1, -0.05) is 6.07 Å². The Morgan fingerprint density at radius 1 is 1.15 bits per heavy atom. The van der Waals surface area contributed by atoms with Gasteiger partial charge in [0.15, 0.2) is 23.1 Å². The minimum absolute atomic E-state index is 0.113. The first kappa shape index (κ1) is 12.3. The molecule has 1 heterocycles. The third kappa shape index (κ3) is 2.36. The second-order valence-corrected chi connectivity index (χ2v) is 4.23.